The van der Waals surface area contributed by atoms with E-state index in [9.17, 15) is 0 Å². The molecule has 0 saturated heterocycles. The van der Waals surface area contributed by atoms with Crippen molar-refractivity contribution in [3.8, 4) is 0 Å². The van der Waals surface area contributed by atoms with Gasteiger partial charge in [0.2, 0.25) is 0 Å². The van der Waals surface area contributed by atoms with Crippen LogP contribution in [0.2, 0.25) is 0 Å². The number of unbranched alkanes of at least 4 members (excludes halogenated alkanes) is 3. The molecule has 13 heavy (non-hydrogen) atoms. The zero-order valence-electron chi connectivity index (χ0n) is 7.77. The van der Waals surface area contributed by atoms with Crippen LogP contribution in [0.5, 0.6) is 0 Å². The summed E-state index contributed by atoms with van der Waals surface area (Å²) in [6, 6.07) is 0. The van der Waals surface area contributed by atoms with Gasteiger partial charge in [0.05, 0.1) is 13.2 Å². The van der Waals surface area contributed by atoms with Crippen LogP contribution in [-0.4, -0.2) is 26.9 Å². The van der Waals surface area contributed by atoms with Gasteiger partial charge in [0.15, 0.2) is 0 Å². The van der Waals surface area contributed by atoms with Gasteiger partial charge in [-0.2, -0.15) is 0 Å². The molecule has 2 nitrogen and oxygen atoms in total. The van der Waals surface area contributed by atoms with E-state index in [2.05, 4.69) is 6.92 Å². The highest BCUT2D eigenvalue weighted by Gasteiger charge is 1.88. The van der Waals surface area contributed by atoms with Gasteiger partial charge in [0.25, 0.3) is 0 Å². The van der Waals surface area contributed by atoms with E-state index in [1.54, 1.807) is 7.11 Å². The summed E-state index contributed by atoms with van der Waals surface area (Å²) in [7, 11) is 1.69. The van der Waals surface area contributed by atoms with Crippen molar-refractivity contribution < 1.29 is 9.47 Å². The van der Waals surface area contributed by atoms with Crippen LogP contribution in [-0.2, 0) is 9.47 Å². The Morgan fingerprint density at radius 2 is 1.54 bits per heavy atom. The number of ether oxygens (including phenoxy) is 2. The van der Waals surface area contributed by atoms with Crippen molar-refractivity contribution in [3.63, 3.8) is 0 Å². The second kappa shape index (κ2) is 17.9. The molecule has 0 aliphatic heterocycles. The topological polar surface area (TPSA) is 18.5 Å². The molecule has 0 aliphatic carbocycles. The van der Waals surface area contributed by atoms with Crippen LogP contribution in [0.4, 0.5) is 0 Å². The Morgan fingerprint density at radius 1 is 0.846 bits per heavy atom. The molecule has 0 spiro atoms. The average Bonchev–Trinajstić information content (AvgIpc) is 2.03. The molecule has 0 heterocycles. The molecular weight excluding hydrogens is 164 g/mol. The first kappa shape index (κ1) is 18.7. The van der Waals surface area contributed by atoms with Gasteiger partial charge in [-0.25, -0.2) is 0 Å². The molecule has 84 valence electrons. The Kier molecular flexibility index (Phi) is 25.6. The molecule has 0 saturated carbocycles. The maximum absolute atomic E-state index is 5.30. The van der Waals surface area contributed by atoms with Crippen LogP contribution in [0, 0.1) is 0 Å². The predicted octanol–water partition coefficient (Wildman–Crippen LogP) is 3.50. The zero-order chi connectivity index (χ0) is 8.36. The van der Waals surface area contributed by atoms with E-state index in [-0.39, 0.29) is 14.9 Å². The summed E-state index contributed by atoms with van der Waals surface area (Å²) in [5.74, 6) is 0. The van der Waals surface area contributed by atoms with Gasteiger partial charge in [-0.15, -0.1) is 0 Å². The van der Waals surface area contributed by atoms with Crippen molar-refractivity contribution in [2.24, 2.45) is 0 Å². The van der Waals surface area contributed by atoms with E-state index in [4.69, 9.17) is 9.47 Å². The third-order valence-corrected chi connectivity index (χ3v) is 1.57. The maximum atomic E-state index is 5.30. The van der Waals surface area contributed by atoms with E-state index in [1.165, 1.54) is 25.7 Å². The lowest BCUT2D eigenvalue weighted by atomic mass is 10.2. The minimum atomic E-state index is 0. The third-order valence-electron chi connectivity index (χ3n) is 1.57. The van der Waals surface area contributed by atoms with Crippen LogP contribution in [0.25, 0.3) is 0 Å². The van der Waals surface area contributed by atoms with Gasteiger partial charge >= 0.3 is 0 Å². The second-order valence-corrected chi connectivity index (χ2v) is 2.67. The Hall–Kier alpha value is -0.0800. The molecule has 0 radical (unpaired) electrons. The maximum Gasteiger partial charge on any atom is 0.0700 e. The summed E-state index contributed by atoms with van der Waals surface area (Å²) < 4.78 is 10.1. The highest BCUT2D eigenvalue weighted by atomic mass is 16.5. The van der Waals surface area contributed by atoms with Crippen molar-refractivity contribution in [2.45, 2.75) is 47.5 Å². The van der Waals surface area contributed by atoms with Crippen LogP contribution in [0.3, 0.4) is 0 Å². The SMILES string of the molecule is C.C.CCCCCCOCCOC. The fraction of sp³-hybridized carbons (Fsp3) is 1.00. The Balaban J connectivity index is -0.000000500. The molecule has 0 bridgehead atoms. The Labute approximate surface area is 84.6 Å². The summed E-state index contributed by atoms with van der Waals surface area (Å²) in [5.41, 5.74) is 0. The van der Waals surface area contributed by atoms with Crippen LogP contribution in [0.15, 0.2) is 0 Å². The largest absolute Gasteiger partial charge is 0.382 e. The van der Waals surface area contributed by atoms with Gasteiger partial charge in [-0.1, -0.05) is 41.0 Å². The summed E-state index contributed by atoms with van der Waals surface area (Å²) in [5, 5.41) is 0. The lowest BCUT2D eigenvalue weighted by molar-refractivity contribution is 0.0686. The number of rotatable bonds is 8. The van der Waals surface area contributed by atoms with E-state index in [0.717, 1.165) is 13.2 Å². The number of hydrogen-bond acceptors (Lipinski definition) is 2. The molecular formula is C11H28O2. The van der Waals surface area contributed by atoms with Gasteiger partial charge in [-0.05, 0) is 6.42 Å². The minimum Gasteiger partial charge on any atom is -0.382 e. The van der Waals surface area contributed by atoms with Crippen LogP contribution < -0.4 is 0 Å². The molecule has 0 atom stereocenters. The van der Waals surface area contributed by atoms with Crippen LogP contribution >= 0.6 is 0 Å². The predicted molar refractivity (Wildman–Crippen MR) is 60.3 cm³/mol. The smallest absolute Gasteiger partial charge is 0.0700 e. The van der Waals surface area contributed by atoms with Crippen molar-refractivity contribution in [1.82, 2.24) is 0 Å². The van der Waals surface area contributed by atoms with Gasteiger partial charge in [0.1, 0.15) is 0 Å². The Bertz CT molecular complexity index is 57.1. The van der Waals surface area contributed by atoms with Crippen molar-refractivity contribution in [1.29, 1.82) is 0 Å². The summed E-state index contributed by atoms with van der Waals surface area (Å²) >= 11 is 0. The minimum absolute atomic E-state index is 0. The molecule has 0 amide bonds. The lowest BCUT2D eigenvalue weighted by Gasteiger charge is -2.02. The standard InChI is InChI=1S/C9H20O2.2CH4/c1-3-4-5-6-7-11-9-8-10-2;;/h3-9H2,1-2H3;2*1H4. The fourth-order valence-electron chi connectivity index (χ4n) is 0.875. The van der Waals surface area contributed by atoms with Crippen LogP contribution in [0.1, 0.15) is 47.5 Å². The monoisotopic (exact) mass is 192 g/mol. The normalized spacial score (nSPS) is 8.77. The number of hydrogen-bond donors (Lipinski definition) is 0. The Morgan fingerprint density at radius 3 is 2.08 bits per heavy atom. The first-order valence-electron chi connectivity index (χ1n) is 4.48. The molecule has 0 aliphatic rings. The van der Waals surface area contributed by atoms with Crippen molar-refractivity contribution in [3.05, 3.63) is 0 Å². The average molecular weight is 192 g/mol. The van der Waals surface area contributed by atoms with E-state index < -0.39 is 0 Å². The molecule has 2 heteroatoms. The second-order valence-electron chi connectivity index (χ2n) is 2.67. The molecule has 0 aromatic rings. The van der Waals surface area contributed by atoms with E-state index in [1.807, 2.05) is 0 Å². The van der Waals surface area contributed by atoms with Crippen molar-refractivity contribution >= 4 is 0 Å². The first-order chi connectivity index (χ1) is 5.41. The molecule has 0 aromatic heterocycles. The third kappa shape index (κ3) is 18.7. The van der Waals surface area contributed by atoms with Gasteiger partial charge in [-0.3, -0.25) is 0 Å². The fourth-order valence-corrected chi connectivity index (χ4v) is 0.875. The zero-order valence-corrected chi connectivity index (χ0v) is 7.77. The highest BCUT2D eigenvalue weighted by molar-refractivity contribution is 4.39. The molecule has 0 fully saturated rings. The van der Waals surface area contributed by atoms with Crippen molar-refractivity contribution in [2.75, 3.05) is 26.9 Å². The molecule has 0 aromatic carbocycles. The molecule has 0 unspecified atom stereocenters. The quantitative estimate of drug-likeness (QED) is 0.548. The number of methoxy groups -OCH3 is 1. The summed E-state index contributed by atoms with van der Waals surface area (Å²) in [6.45, 7) is 4.56. The first-order valence-corrected chi connectivity index (χ1v) is 4.48. The molecule has 0 rings (SSSR count). The summed E-state index contributed by atoms with van der Waals surface area (Å²) in [4.78, 5) is 0. The molecule has 0 N–H and O–H groups in total. The van der Waals surface area contributed by atoms with E-state index in [0.29, 0.717) is 6.61 Å². The van der Waals surface area contributed by atoms with E-state index >= 15 is 0 Å². The highest BCUT2D eigenvalue weighted by Crippen LogP contribution is 1.98. The lowest BCUT2D eigenvalue weighted by Crippen LogP contribution is -2.02. The summed E-state index contributed by atoms with van der Waals surface area (Å²) in [6.07, 6.45) is 5.10. The van der Waals surface area contributed by atoms with Gasteiger partial charge in [0, 0.05) is 13.7 Å². The van der Waals surface area contributed by atoms with Gasteiger partial charge < -0.3 is 9.47 Å².